The molecule has 1 N–H and O–H groups in total. The van der Waals surface area contributed by atoms with Gasteiger partial charge in [-0.25, -0.2) is 4.79 Å². The van der Waals surface area contributed by atoms with Crippen molar-refractivity contribution in [1.29, 1.82) is 0 Å². The molecule has 0 amide bonds. The third-order valence-corrected chi connectivity index (χ3v) is 14.1. The lowest BCUT2D eigenvalue weighted by Gasteiger charge is -2.43. The van der Waals surface area contributed by atoms with E-state index in [-0.39, 0.29) is 16.6 Å². The summed E-state index contributed by atoms with van der Waals surface area (Å²) in [6, 6.07) is 21.0. The molecule has 7 nitrogen and oxygen atoms in total. The van der Waals surface area contributed by atoms with Crippen LogP contribution >= 0.6 is 21.6 Å². The number of nitrogens with zero attached hydrogens (tertiary/aromatic N) is 1. The maximum Gasteiger partial charge on any atom is 0.330 e. The maximum atomic E-state index is 12.7. The van der Waals surface area contributed by atoms with Crippen molar-refractivity contribution in [3.63, 3.8) is 0 Å². The second-order valence-corrected chi connectivity index (χ2v) is 17.9. The van der Waals surface area contributed by atoms with E-state index in [4.69, 9.17) is 13.9 Å². The topological polar surface area (TPSA) is 82.6 Å². The van der Waals surface area contributed by atoms with E-state index in [0.717, 1.165) is 0 Å². The molecular weight excluding hydrogens is 549 g/mol. The molecule has 1 unspecified atom stereocenters. The Morgan fingerprint density at radius 3 is 2.21 bits per heavy atom. The van der Waals surface area contributed by atoms with Crippen LogP contribution in [0.2, 0.25) is 5.04 Å². The molecule has 1 fully saturated rings. The summed E-state index contributed by atoms with van der Waals surface area (Å²) in [6.45, 7) is 10.7. The molecule has 0 saturated carbocycles. The first kappa shape index (κ1) is 29.9. The molecule has 2 heterocycles. The number of aromatic nitrogens is 2. The molecule has 0 aliphatic carbocycles. The maximum absolute atomic E-state index is 12.7. The molecule has 1 saturated heterocycles. The van der Waals surface area contributed by atoms with E-state index in [2.05, 4.69) is 74.3 Å². The van der Waals surface area contributed by atoms with E-state index in [0.29, 0.717) is 18.6 Å². The Labute approximate surface area is 239 Å². The molecule has 1 aliphatic rings. The van der Waals surface area contributed by atoms with Crippen LogP contribution in [-0.4, -0.2) is 48.4 Å². The summed E-state index contributed by atoms with van der Waals surface area (Å²) in [7, 11) is 0.491. The molecule has 4 rings (SSSR count). The lowest BCUT2D eigenvalue weighted by atomic mass is 10.2. The fraction of sp³-hybridized carbons (Fsp3) is 0.448. The van der Waals surface area contributed by atoms with Gasteiger partial charge in [0.05, 0.1) is 12.7 Å². The Morgan fingerprint density at radius 2 is 1.67 bits per heavy atom. The first-order chi connectivity index (χ1) is 18.6. The molecule has 1 aliphatic heterocycles. The van der Waals surface area contributed by atoms with Crippen LogP contribution in [0.25, 0.3) is 0 Å². The van der Waals surface area contributed by atoms with Crippen molar-refractivity contribution < 1.29 is 13.9 Å². The smallest absolute Gasteiger partial charge is 0.330 e. The highest BCUT2D eigenvalue weighted by molar-refractivity contribution is 8.76. The van der Waals surface area contributed by atoms with E-state index in [1.54, 1.807) is 34.7 Å². The predicted octanol–water partition coefficient (Wildman–Crippen LogP) is 4.45. The van der Waals surface area contributed by atoms with Gasteiger partial charge in [0.2, 0.25) is 0 Å². The standard InChI is InChI=1S/C29H38N2O5S2Si/c1-20-18-31(28(33)30-27(20)32)26-17-24(35-21(2)38-37-6)25(36-26)19-34-39(29(3,4)5,22-13-9-7-10-14-22)23-15-11-8-12-16-23/h7-16,18,21,24-26H,17,19H2,1-6H3,(H,30,32,33)/t21-,24?,25-,26-/m1/s1. The third kappa shape index (κ3) is 6.47. The van der Waals surface area contributed by atoms with E-state index >= 15 is 0 Å². The number of nitrogens with one attached hydrogen (secondary N) is 1. The third-order valence-electron chi connectivity index (χ3n) is 7.12. The first-order valence-corrected chi connectivity index (χ1v) is 17.7. The van der Waals surface area contributed by atoms with Crippen molar-refractivity contribution in [2.45, 2.75) is 69.9 Å². The fourth-order valence-corrected chi connectivity index (χ4v) is 11.3. The van der Waals surface area contributed by atoms with Gasteiger partial charge in [0.1, 0.15) is 17.8 Å². The molecule has 1 aromatic heterocycles. The summed E-state index contributed by atoms with van der Waals surface area (Å²) in [6.07, 6.45) is 2.79. The zero-order valence-corrected chi connectivity index (χ0v) is 26.0. The minimum Gasteiger partial charge on any atom is -0.405 e. The lowest BCUT2D eigenvalue weighted by molar-refractivity contribution is -0.0616. The molecule has 39 heavy (non-hydrogen) atoms. The molecule has 4 atom stereocenters. The van der Waals surface area contributed by atoms with Crippen LogP contribution in [0.4, 0.5) is 0 Å². The molecule has 0 spiro atoms. The Bertz CT molecular complexity index is 1300. The minimum atomic E-state index is -2.79. The van der Waals surface area contributed by atoms with Crippen molar-refractivity contribution >= 4 is 40.3 Å². The van der Waals surface area contributed by atoms with Crippen LogP contribution in [0.5, 0.6) is 0 Å². The zero-order valence-electron chi connectivity index (χ0n) is 23.4. The summed E-state index contributed by atoms with van der Waals surface area (Å²) in [4.78, 5) is 27.1. The fourth-order valence-electron chi connectivity index (χ4n) is 5.34. The Hall–Kier alpha value is -2.08. The summed E-state index contributed by atoms with van der Waals surface area (Å²) in [5.41, 5.74) is -0.501. The van der Waals surface area contributed by atoms with Crippen molar-refractivity contribution in [3.05, 3.63) is 93.3 Å². The van der Waals surface area contributed by atoms with Crippen LogP contribution in [0.1, 0.15) is 45.9 Å². The van der Waals surface area contributed by atoms with Crippen LogP contribution < -0.4 is 21.6 Å². The van der Waals surface area contributed by atoms with Crippen LogP contribution in [0.3, 0.4) is 0 Å². The van der Waals surface area contributed by atoms with Gasteiger partial charge < -0.3 is 13.9 Å². The normalized spacial score (nSPS) is 20.7. The minimum absolute atomic E-state index is 0.0725. The highest BCUT2D eigenvalue weighted by Gasteiger charge is 2.51. The Balaban J connectivity index is 1.70. The van der Waals surface area contributed by atoms with Crippen LogP contribution in [0.15, 0.2) is 76.4 Å². The second-order valence-electron chi connectivity index (χ2n) is 10.8. The number of H-pyrrole nitrogens is 1. The first-order valence-electron chi connectivity index (χ1n) is 13.1. The predicted molar refractivity (Wildman–Crippen MR) is 164 cm³/mol. The highest BCUT2D eigenvalue weighted by Crippen LogP contribution is 2.39. The van der Waals surface area contributed by atoms with E-state index in [1.165, 1.54) is 14.9 Å². The number of hydrogen-bond acceptors (Lipinski definition) is 7. The number of aryl methyl sites for hydroxylation is 1. The van der Waals surface area contributed by atoms with Crippen molar-refractivity contribution in [2.75, 3.05) is 12.9 Å². The average molecular weight is 587 g/mol. The molecule has 0 bridgehead atoms. The Morgan fingerprint density at radius 1 is 1.08 bits per heavy atom. The highest BCUT2D eigenvalue weighted by atomic mass is 33.1. The van der Waals surface area contributed by atoms with Crippen molar-refractivity contribution in [3.8, 4) is 0 Å². The summed E-state index contributed by atoms with van der Waals surface area (Å²) in [5.74, 6) is 0. The lowest BCUT2D eigenvalue weighted by Crippen LogP contribution is -2.67. The summed E-state index contributed by atoms with van der Waals surface area (Å²) < 4.78 is 21.5. The molecule has 10 heteroatoms. The molecule has 3 aromatic rings. The molecule has 2 aromatic carbocycles. The molecular formula is C29H38N2O5S2Si. The van der Waals surface area contributed by atoms with Gasteiger partial charge in [0, 0.05) is 18.2 Å². The SMILES string of the molecule is CSS[C@H](C)OC1C[C@H](n2cc(C)c(=O)[nH]c2=O)O[C@@H]1CO[Si](c1ccccc1)(c1ccccc1)C(C)(C)C. The number of aromatic amines is 1. The Kier molecular flexibility index (Phi) is 9.67. The van der Waals surface area contributed by atoms with Crippen LogP contribution in [0, 0.1) is 6.92 Å². The largest absolute Gasteiger partial charge is 0.405 e. The second kappa shape index (κ2) is 12.6. The van der Waals surface area contributed by atoms with Gasteiger partial charge in [-0.15, -0.1) is 0 Å². The van der Waals surface area contributed by atoms with E-state index in [9.17, 15) is 9.59 Å². The van der Waals surface area contributed by atoms with Gasteiger partial charge in [-0.2, -0.15) is 0 Å². The molecule has 210 valence electrons. The van der Waals surface area contributed by atoms with Crippen LogP contribution in [-0.2, 0) is 13.9 Å². The average Bonchev–Trinajstić information content (AvgIpc) is 3.29. The summed E-state index contributed by atoms with van der Waals surface area (Å²) in [5, 5.41) is 2.20. The van der Waals surface area contributed by atoms with Gasteiger partial charge in [-0.1, -0.05) is 103 Å². The monoisotopic (exact) mass is 586 g/mol. The van der Waals surface area contributed by atoms with E-state index in [1.807, 2.05) is 25.3 Å². The van der Waals surface area contributed by atoms with Gasteiger partial charge in [0.25, 0.3) is 13.9 Å². The van der Waals surface area contributed by atoms with Gasteiger partial charge in [-0.05, 0) is 35.5 Å². The number of ether oxygens (including phenoxy) is 2. The van der Waals surface area contributed by atoms with Gasteiger partial charge in [0.15, 0.2) is 0 Å². The number of benzene rings is 2. The van der Waals surface area contributed by atoms with Crippen molar-refractivity contribution in [1.82, 2.24) is 9.55 Å². The zero-order chi connectivity index (χ0) is 28.2. The summed E-state index contributed by atoms with van der Waals surface area (Å²) >= 11 is 0. The molecule has 0 radical (unpaired) electrons. The number of hydrogen-bond donors (Lipinski definition) is 1. The van der Waals surface area contributed by atoms with E-state index < -0.39 is 31.9 Å². The number of rotatable bonds is 10. The van der Waals surface area contributed by atoms with Crippen molar-refractivity contribution in [2.24, 2.45) is 0 Å². The van der Waals surface area contributed by atoms with Gasteiger partial charge >= 0.3 is 5.69 Å². The quantitative estimate of drug-likeness (QED) is 0.214. The van der Waals surface area contributed by atoms with Gasteiger partial charge in [-0.3, -0.25) is 14.3 Å².